The van der Waals surface area contributed by atoms with Crippen LogP contribution in [0.15, 0.2) is 22.7 Å². The predicted octanol–water partition coefficient (Wildman–Crippen LogP) is 2.69. The molecule has 0 saturated heterocycles. The van der Waals surface area contributed by atoms with Gasteiger partial charge in [-0.1, -0.05) is 15.9 Å². The number of carbonyl (C=O) groups excluding carboxylic acids is 1. The van der Waals surface area contributed by atoms with Gasteiger partial charge in [0.05, 0.1) is 11.7 Å². The molecule has 0 aromatic heterocycles. The zero-order valence-corrected chi connectivity index (χ0v) is 12.9. The first-order valence-corrected chi connectivity index (χ1v) is 6.92. The lowest BCUT2D eigenvalue weighted by molar-refractivity contribution is 0.0696. The summed E-state index contributed by atoms with van der Waals surface area (Å²) in [4.78, 5) is 22.6. The van der Waals surface area contributed by atoms with Crippen molar-refractivity contribution in [2.75, 3.05) is 18.5 Å². The molecule has 0 saturated carbocycles. The van der Waals surface area contributed by atoms with Crippen molar-refractivity contribution < 1.29 is 19.4 Å². The number of aromatic carboxylic acids is 1. The van der Waals surface area contributed by atoms with Gasteiger partial charge in [0.1, 0.15) is 0 Å². The highest BCUT2D eigenvalue weighted by molar-refractivity contribution is 9.10. The second kappa shape index (κ2) is 7.86. The minimum atomic E-state index is -1.06. The van der Waals surface area contributed by atoms with E-state index in [2.05, 4.69) is 26.6 Å². The van der Waals surface area contributed by atoms with Crippen LogP contribution in [0.5, 0.6) is 0 Å². The molecule has 0 aliphatic carbocycles. The van der Waals surface area contributed by atoms with E-state index >= 15 is 0 Å². The van der Waals surface area contributed by atoms with Crippen LogP contribution in [0.25, 0.3) is 0 Å². The maximum Gasteiger partial charge on any atom is 0.335 e. The molecule has 0 spiro atoms. The van der Waals surface area contributed by atoms with Gasteiger partial charge in [0, 0.05) is 23.3 Å². The number of carbonyl (C=O) groups is 2. The number of ether oxygens (including phenoxy) is 1. The Morgan fingerprint density at radius 2 is 2.10 bits per heavy atom. The van der Waals surface area contributed by atoms with Gasteiger partial charge in [-0.05, 0) is 32.0 Å². The predicted molar refractivity (Wildman–Crippen MR) is 79.2 cm³/mol. The Bertz CT molecular complexity index is 493. The van der Waals surface area contributed by atoms with Gasteiger partial charge in [0.15, 0.2) is 0 Å². The number of anilines is 1. The van der Waals surface area contributed by atoms with E-state index in [1.54, 1.807) is 6.07 Å². The van der Waals surface area contributed by atoms with E-state index < -0.39 is 12.0 Å². The van der Waals surface area contributed by atoms with Gasteiger partial charge >= 0.3 is 12.0 Å². The molecule has 110 valence electrons. The van der Waals surface area contributed by atoms with Crippen LogP contribution in [0.3, 0.4) is 0 Å². The van der Waals surface area contributed by atoms with Crippen LogP contribution in [0.4, 0.5) is 10.5 Å². The summed E-state index contributed by atoms with van der Waals surface area (Å²) in [6, 6.07) is 4.06. The Kier molecular flexibility index (Phi) is 6.47. The van der Waals surface area contributed by atoms with Gasteiger partial charge in [-0.2, -0.15) is 0 Å². The zero-order chi connectivity index (χ0) is 15.1. The number of nitrogens with one attached hydrogen (secondary N) is 2. The van der Waals surface area contributed by atoms with Crippen LogP contribution < -0.4 is 10.6 Å². The lowest BCUT2D eigenvalue weighted by atomic mass is 10.2. The van der Waals surface area contributed by atoms with Crippen molar-refractivity contribution in [3.05, 3.63) is 28.2 Å². The van der Waals surface area contributed by atoms with Crippen LogP contribution in [0.1, 0.15) is 24.2 Å². The SMILES string of the molecule is CCOC(C)CNC(=O)Nc1cc(Br)cc(C(=O)O)c1. The number of hydrogen-bond acceptors (Lipinski definition) is 3. The third-order valence-electron chi connectivity index (χ3n) is 2.40. The highest BCUT2D eigenvalue weighted by Crippen LogP contribution is 2.19. The largest absolute Gasteiger partial charge is 0.478 e. The first-order valence-electron chi connectivity index (χ1n) is 6.12. The van der Waals surface area contributed by atoms with Crippen LogP contribution >= 0.6 is 15.9 Å². The number of amides is 2. The molecule has 0 aliphatic heterocycles. The summed E-state index contributed by atoms with van der Waals surface area (Å²) >= 11 is 3.20. The Morgan fingerprint density at radius 3 is 2.70 bits per heavy atom. The standard InChI is InChI=1S/C13H17BrN2O4/c1-3-20-8(2)7-15-13(19)16-11-5-9(12(17)18)4-10(14)6-11/h4-6,8H,3,7H2,1-2H3,(H,17,18)(H2,15,16,19). The summed E-state index contributed by atoms with van der Waals surface area (Å²) in [6.07, 6.45) is -0.0807. The molecule has 0 radical (unpaired) electrons. The average molecular weight is 345 g/mol. The van der Waals surface area contributed by atoms with Crippen molar-refractivity contribution in [1.82, 2.24) is 5.32 Å². The molecule has 0 fully saturated rings. The molecule has 0 aliphatic rings. The summed E-state index contributed by atoms with van der Waals surface area (Å²) < 4.78 is 5.86. The van der Waals surface area contributed by atoms with E-state index in [4.69, 9.17) is 9.84 Å². The molecule has 20 heavy (non-hydrogen) atoms. The van der Waals surface area contributed by atoms with Crippen LogP contribution in [0, 0.1) is 0 Å². The van der Waals surface area contributed by atoms with E-state index in [1.807, 2.05) is 13.8 Å². The summed E-state index contributed by atoms with van der Waals surface area (Å²) in [6.45, 7) is 4.69. The summed E-state index contributed by atoms with van der Waals surface area (Å²) in [5, 5.41) is 14.2. The molecule has 7 heteroatoms. The molecule has 1 rings (SSSR count). The van der Waals surface area contributed by atoms with Gasteiger partial charge < -0.3 is 20.5 Å². The fraction of sp³-hybridized carbons (Fsp3) is 0.385. The minimum Gasteiger partial charge on any atom is -0.478 e. The lowest BCUT2D eigenvalue weighted by Crippen LogP contribution is -2.35. The summed E-state index contributed by atoms with van der Waals surface area (Å²) in [7, 11) is 0. The number of rotatable bonds is 6. The van der Waals surface area contributed by atoms with Crippen LogP contribution in [-0.2, 0) is 4.74 Å². The molecule has 1 unspecified atom stereocenters. The molecule has 0 bridgehead atoms. The van der Waals surface area contributed by atoms with Crippen molar-refractivity contribution in [3.8, 4) is 0 Å². The van der Waals surface area contributed by atoms with Gasteiger partial charge in [0.2, 0.25) is 0 Å². The Balaban J connectivity index is 2.59. The first kappa shape index (κ1) is 16.5. The molecule has 1 aromatic carbocycles. The molecule has 0 heterocycles. The number of carboxylic acid groups (broad SMARTS) is 1. The monoisotopic (exact) mass is 344 g/mol. The second-order valence-corrected chi connectivity index (χ2v) is 5.05. The van der Waals surface area contributed by atoms with E-state index in [1.165, 1.54) is 12.1 Å². The summed E-state index contributed by atoms with van der Waals surface area (Å²) in [5.74, 6) is -1.06. The number of hydrogen-bond donors (Lipinski definition) is 3. The normalized spacial score (nSPS) is 11.8. The van der Waals surface area contributed by atoms with Gasteiger partial charge in [-0.15, -0.1) is 0 Å². The molecule has 6 nitrogen and oxygen atoms in total. The summed E-state index contributed by atoms with van der Waals surface area (Å²) in [5.41, 5.74) is 0.496. The molecule has 2 amide bonds. The van der Waals surface area contributed by atoms with Crippen molar-refractivity contribution in [3.63, 3.8) is 0 Å². The minimum absolute atomic E-state index is 0.0807. The number of benzene rings is 1. The maximum atomic E-state index is 11.7. The van der Waals surface area contributed by atoms with Gasteiger partial charge in [0.25, 0.3) is 0 Å². The topological polar surface area (TPSA) is 87.7 Å². The lowest BCUT2D eigenvalue weighted by Gasteiger charge is -2.13. The van der Waals surface area contributed by atoms with E-state index in [0.717, 1.165) is 0 Å². The molecular weight excluding hydrogens is 328 g/mol. The average Bonchev–Trinajstić information content (AvgIpc) is 2.36. The Hall–Kier alpha value is -1.60. The number of urea groups is 1. The van der Waals surface area contributed by atoms with Crippen molar-refractivity contribution in [2.45, 2.75) is 20.0 Å². The third kappa shape index (κ3) is 5.58. The van der Waals surface area contributed by atoms with Crippen molar-refractivity contribution in [1.29, 1.82) is 0 Å². The molecule has 1 atom stereocenters. The van der Waals surface area contributed by atoms with E-state index in [-0.39, 0.29) is 11.7 Å². The molecular formula is C13H17BrN2O4. The molecule has 3 N–H and O–H groups in total. The van der Waals surface area contributed by atoms with E-state index in [9.17, 15) is 9.59 Å². The van der Waals surface area contributed by atoms with Gasteiger partial charge in [-0.3, -0.25) is 0 Å². The van der Waals surface area contributed by atoms with Gasteiger partial charge in [-0.25, -0.2) is 9.59 Å². The second-order valence-electron chi connectivity index (χ2n) is 4.13. The first-order chi connectivity index (χ1) is 9.42. The van der Waals surface area contributed by atoms with Crippen molar-refractivity contribution in [2.24, 2.45) is 0 Å². The maximum absolute atomic E-state index is 11.7. The van der Waals surface area contributed by atoms with Crippen molar-refractivity contribution >= 4 is 33.6 Å². The van der Waals surface area contributed by atoms with Crippen LogP contribution in [-0.4, -0.2) is 36.4 Å². The zero-order valence-electron chi connectivity index (χ0n) is 11.3. The number of carboxylic acids is 1. The molecule has 1 aromatic rings. The highest BCUT2D eigenvalue weighted by atomic mass is 79.9. The fourth-order valence-corrected chi connectivity index (χ4v) is 2.03. The van der Waals surface area contributed by atoms with Crippen LogP contribution in [0.2, 0.25) is 0 Å². The third-order valence-corrected chi connectivity index (χ3v) is 2.86. The fourth-order valence-electron chi connectivity index (χ4n) is 1.54. The number of halogens is 1. The van der Waals surface area contributed by atoms with E-state index in [0.29, 0.717) is 23.3 Å². The smallest absolute Gasteiger partial charge is 0.335 e. The quantitative estimate of drug-likeness (QED) is 0.740. The highest BCUT2D eigenvalue weighted by Gasteiger charge is 2.09. The Labute approximate surface area is 125 Å². The Morgan fingerprint density at radius 1 is 1.40 bits per heavy atom.